The van der Waals surface area contributed by atoms with E-state index in [9.17, 15) is 4.79 Å². The van der Waals surface area contributed by atoms with Crippen LogP contribution in [0.5, 0.6) is 0 Å². The molecule has 2 aromatic carbocycles. The number of aromatic nitrogens is 1. The number of carbonyl (C=O) groups excluding carboxylic acids is 1. The fraction of sp³-hybridized carbons (Fsp3) is 0.0400. The van der Waals surface area contributed by atoms with E-state index in [1.807, 2.05) is 36.4 Å². The van der Waals surface area contributed by atoms with Crippen molar-refractivity contribution >= 4 is 30.3 Å². The zero-order valence-corrected chi connectivity index (χ0v) is 15.5. The SMILES string of the molecule is C=CCOC(=O)c1ccc(/C=C/c2ccc(/C=C/c3ccncc3)cc2)cc1. The summed E-state index contributed by atoms with van der Waals surface area (Å²) < 4.78 is 5.02. The van der Waals surface area contributed by atoms with Crippen LogP contribution in [0.4, 0.5) is 0 Å². The summed E-state index contributed by atoms with van der Waals surface area (Å²) in [6, 6.07) is 19.6. The van der Waals surface area contributed by atoms with Crippen LogP contribution in [-0.2, 0) is 4.74 Å². The lowest BCUT2D eigenvalue weighted by Gasteiger charge is -2.02. The van der Waals surface area contributed by atoms with Crippen molar-refractivity contribution in [2.24, 2.45) is 0 Å². The minimum Gasteiger partial charge on any atom is -0.458 e. The van der Waals surface area contributed by atoms with E-state index >= 15 is 0 Å². The maximum atomic E-state index is 11.8. The summed E-state index contributed by atoms with van der Waals surface area (Å²) in [7, 11) is 0. The Morgan fingerprint density at radius 3 is 1.64 bits per heavy atom. The smallest absolute Gasteiger partial charge is 0.338 e. The quantitative estimate of drug-likeness (QED) is 0.302. The Bertz CT molecular complexity index is 969. The van der Waals surface area contributed by atoms with E-state index in [-0.39, 0.29) is 12.6 Å². The highest BCUT2D eigenvalue weighted by Gasteiger charge is 2.04. The number of pyridine rings is 1. The Balaban J connectivity index is 1.60. The molecule has 0 aliphatic rings. The Hall–Kier alpha value is -3.72. The van der Waals surface area contributed by atoms with Gasteiger partial charge in [-0.25, -0.2) is 4.79 Å². The van der Waals surface area contributed by atoms with Gasteiger partial charge < -0.3 is 4.74 Å². The summed E-state index contributed by atoms with van der Waals surface area (Å²) in [6.07, 6.45) is 13.3. The van der Waals surface area contributed by atoms with Gasteiger partial charge in [-0.05, 0) is 46.5 Å². The molecule has 0 saturated heterocycles. The zero-order chi connectivity index (χ0) is 19.6. The molecule has 3 aromatic rings. The second kappa shape index (κ2) is 9.83. The standard InChI is InChI=1S/C25H21NO2/c1-2-19-28-25(27)24-13-11-22(12-14-24)8-7-20-3-5-21(6-4-20)9-10-23-15-17-26-18-16-23/h2-18H,1,19H2/b8-7+,10-9+. The Labute approximate surface area is 165 Å². The molecule has 0 spiro atoms. The first-order valence-electron chi connectivity index (χ1n) is 8.99. The molecule has 0 saturated carbocycles. The molecular formula is C25H21NO2. The molecule has 0 aliphatic heterocycles. The predicted octanol–water partition coefficient (Wildman–Crippen LogP) is 5.77. The molecule has 0 unspecified atom stereocenters. The topological polar surface area (TPSA) is 39.2 Å². The fourth-order valence-electron chi connectivity index (χ4n) is 2.53. The molecule has 0 fully saturated rings. The molecule has 1 heterocycles. The number of ether oxygens (including phenoxy) is 1. The van der Waals surface area contributed by atoms with Gasteiger partial charge in [0.25, 0.3) is 0 Å². The molecule has 0 atom stereocenters. The van der Waals surface area contributed by atoms with Crippen molar-refractivity contribution in [3.05, 3.63) is 114 Å². The van der Waals surface area contributed by atoms with E-state index in [4.69, 9.17) is 4.74 Å². The van der Waals surface area contributed by atoms with Crippen molar-refractivity contribution < 1.29 is 9.53 Å². The first-order chi connectivity index (χ1) is 13.7. The van der Waals surface area contributed by atoms with Crippen LogP contribution in [-0.4, -0.2) is 17.6 Å². The van der Waals surface area contributed by atoms with Gasteiger partial charge in [-0.15, -0.1) is 0 Å². The average molecular weight is 367 g/mol. The van der Waals surface area contributed by atoms with Gasteiger partial charge in [0.05, 0.1) is 5.56 Å². The van der Waals surface area contributed by atoms with Gasteiger partial charge in [-0.2, -0.15) is 0 Å². The van der Waals surface area contributed by atoms with Crippen LogP contribution in [0.1, 0.15) is 32.6 Å². The van der Waals surface area contributed by atoms with Crippen molar-refractivity contribution in [3.63, 3.8) is 0 Å². The number of nitrogens with zero attached hydrogens (tertiary/aromatic N) is 1. The molecule has 0 bridgehead atoms. The fourth-order valence-corrected chi connectivity index (χ4v) is 2.53. The number of hydrogen-bond donors (Lipinski definition) is 0. The molecule has 1 aromatic heterocycles. The molecule has 3 nitrogen and oxygen atoms in total. The Morgan fingerprint density at radius 1 is 0.750 bits per heavy atom. The molecule has 0 N–H and O–H groups in total. The minimum atomic E-state index is -0.342. The number of rotatable bonds is 7. The zero-order valence-electron chi connectivity index (χ0n) is 15.5. The molecule has 3 rings (SSSR count). The molecule has 0 aliphatic carbocycles. The van der Waals surface area contributed by atoms with E-state index in [1.165, 1.54) is 0 Å². The van der Waals surface area contributed by atoms with Crippen LogP contribution in [0.2, 0.25) is 0 Å². The van der Waals surface area contributed by atoms with Gasteiger partial charge in [0.1, 0.15) is 6.61 Å². The summed E-state index contributed by atoms with van der Waals surface area (Å²) in [5.74, 6) is -0.342. The summed E-state index contributed by atoms with van der Waals surface area (Å²) in [5, 5.41) is 0. The third-order valence-electron chi connectivity index (χ3n) is 4.06. The number of esters is 1. The van der Waals surface area contributed by atoms with Gasteiger partial charge in [0.15, 0.2) is 0 Å². The van der Waals surface area contributed by atoms with Crippen LogP contribution in [0.3, 0.4) is 0 Å². The van der Waals surface area contributed by atoms with Gasteiger partial charge >= 0.3 is 5.97 Å². The maximum absolute atomic E-state index is 11.8. The predicted molar refractivity (Wildman–Crippen MR) is 115 cm³/mol. The highest BCUT2D eigenvalue weighted by atomic mass is 16.5. The summed E-state index contributed by atoms with van der Waals surface area (Å²) in [4.78, 5) is 15.8. The van der Waals surface area contributed by atoms with Crippen molar-refractivity contribution in [1.82, 2.24) is 4.98 Å². The molecule has 138 valence electrons. The third-order valence-corrected chi connectivity index (χ3v) is 4.06. The summed E-state index contributed by atoms with van der Waals surface area (Å²) in [6.45, 7) is 3.75. The van der Waals surface area contributed by atoms with Gasteiger partial charge in [-0.1, -0.05) is 73.4 Å². The van der Waals surface area contributed by atoms with Crippen LogP contribution in [0.15, 0.2) is 85.7 Å². The van der Waals surface area contributed by atoms with Crippen LogP contribution >= 0.6 is 0 Å². The average Bonchev–Trinajstić information content (AvgIpc) is 2.76. The van der Waals surface area contributed by atoms with Gasteiger partial charge in [-0.3, -0.25) is 4.98 Å². The van der Waals surface area contributed by atoms with E-state index in [2.05, 4.69) is 48.0 Å². The first kappa shape index (κ1) is 19.1. The summed E-state index contributed by atoms with van der Waals surface area (Å²) >= 11 is 0. The first-order valence-corrected chi connectivity index (χ1v) is 8.99. The summed E-state index contributed by atoms with van der Waals surface area (Å²) in [5.41, 5.74) is 4.91. The van der Waals surface area contributed by atoms with Crippen molar-refractivity contribution in [1.29, 1.82) is 0 Å². The molecule has 0 radical (unpaired) electrons. The maximum Gasteiger partial charge on any atom is 0.338 e. The van der Waals surface area contributed by atoms with Crippen molar-refractivity contribution in [2.75, 3.05) is 6.61 Å². The van der Waals surface area contributed by atoms with E-state index in [1.54, 1.807) is 30.6 Å². The number of hydrogen-bond acceptors (Lipinski definition) is 3. The van der Waals surface area contributed by atoms with Crippen LogP contribution in [0.25, 0.3) is 24.3 Å². The number of benzene rings is 2. The molecule has 28 heavy (non-hydrogen) atoms. The second-order valence-corrected chi connectivity index (χ2v) is 6.12. The molecule has 0 amide bonds. The largest absolute Gasteiger partial charge is 0.458 e. The van der Waals surface area contributed by atoms with Crippen molar-refractivity contribution in [2.45, 2.75) is 0 Å². The molecule has 3 heteroatoms. The van der Waals surface area contributed by atoms with E-state index in [0.717, 1.165) is 22.3 Å². The number of carbonyl (C=O) groups is 1. The van der Waals surface area contributed by atoms with Crippen LogP contribution < -0.4 is 0 Å². The van der Waals surface area contributed by atoms with E-state index in [0.29, 0.717) is 5.56 Å². The Kier molecular flexibility index (Phi) is 6.69. The lowest BCUT2D eigenvalue weighted by atomic mass is 10.1. The second-order valence-electron chi connectivity index (χ2n) is 6.12. The van der Waals surface area contributed by atoms with Gasteiger partial charge in [0.2, 0.25) is 0 Å². The third kappa shape index (κ3) is 5.64. The normalized spacial score (nSPS) is 11.0. The highest BCUT2D eigenvalue weighted by Crippen LogP contribution is 2.13. The van der Waals surface area contributed by atoms with Crippen LogP contribution in [0, 0.1) is 0 Å². The van der Waals surface area contributed by atoms with Gasteiger partial charge in [0, 0.05) is 12.4 Å². The van der Waals surface area contributed by atoms with E-state index < -0.39 is 0 Å². The highest BCUT2D eigenvalue weighted by molar-refractivity contribution is 5.89. The monoisotopic (exact) mass is 367 g/mol. The van der Waals surface area contributed by atoms with Crippen molar-refractivity contribution in [3.8, 4) is 0 Å². The minimum absolute atomic E-state index is 0.216. The lowest BCUT2D eigenvalue weighted by molar-refractivity contribution is 0.0550. The lowest BCUT2D eigenvalue weighted by Crippen LogP contribution is -2.04. The molecular weight excluding hydrogens is 346 g/mol. The Morgan fingerprint density at radius 2 is 1.18 bits per heavy atom.